The molecule has 0 radical (unpaired) electrons. The first-order chi connectivity index (χ1) is 9.45. The molecule has 2 amide bonds. The van der Waals surface area contributed by atoms with Crippen molar-refractivity contribution in [1.29, 1.82) is 0 Å². The lowest BCUT2D eigenvalue weighted by molar-refractivity contribution is -0.147. The lowest BCUT2D eigenvalue weighted by Gasteiger charge is -2.34. The summed E-state index contributed by atoms with van der Waals surface area (Å²) in [5.74, 6) is -0.949. The van der Waals surface area contributed by atoms with Gasteiger partial charge in [-0.1, -0.05) is 6.07 Å². The largest absolute Gasteiger partial charge is 0.480 e. The van der Waals surface area contributed by atoms with E-state index in [1.165, 1.54) is 9.80 Å². The molecule has 1 unspecified atom stereocenters. The first-order valence-corrected chi connectivity index (χ1v) is 6.61. The highest BCUT2D eigenvalue weighted by Crippen LogP contribution is 2.30. The first kappa shape index (κ1) is 14.3. The molecule has 1 N–H and O–H groups in total. The number of pyridine rings is 1. The fraction of sp³-hybridized carbons (Fsp3) is 0.500. The third-order valence-electron chi connectivity index (χ3n) is 3.78. The van der Waals surface area contributed by atoms with Gasteiger partial charge in [-0.15, -0.1) is 0 Å². The highest BCUT2D eigenvalue weighted by molar-refractivity contribution is 5.86. The number of nitrogens with zero attached hydrogens (tertiary/aromatic N) is 3. The van der Waals surface area contributed by atoms with E-state index in [1.807, 2.05) is 18.2 Å². The van der Waals surface area contributed by atoms with Gasteiger partial charge >= 0.3 is 12.0 Å². The minimum Gasteiger partial charge on any atom is -0.480 e. The first-order valence-electron chi connectivity index (χ1n) is 6.61. The Balaban J connectivity index is 2.09. The Hall–Kier alpha value is -2.11. The quantitative estimate of drug-likeness (QED) is 0.910. The SMILES string of the molecule is CN(Cc1ccccn1)C(=O)N1CCCC1(C)C(=O)O. The number of hydrogen-bond acceptors (Lipinski definition) is 3. The topological polar surface area (TPSA) is 73.7 Å². The summed E-state index contributed by atoms with van der Waals surface area (Å²) < 4.78 is 0. The Morgan fingerprint density at radius 3 is 2.85 bits per heavy atom. The standard InChI is InChI=1S/C14H19N3O3/c1-14(12(18)19)7-5-9-17(14)13(20)16(2)10-11-6-3-4-8-15-11/h3-4,6,8H,5,7,9-10H2,1-2H3,(H,18,19). The Bertz CT molecular complexity index is 506. The third kappa shape index (κ3) is 2.59. The second-order valence-corrected chi connectivity index (χ2v) is 5.29. The monoisotopic (exact) mass is 277 g/mol. The van der Waals surface area contributed by atoms with Crippen LogP contribution in [0.25, 0.3) is 0 Å². The molecule has 1 fully saturated rings. The van der Waals surface area contributed by atoms with Gasteiger partial charge in [0.15, 0.2) is 0 Å². The van der Waals surface area contributed by atoms with Crippen LogP contribution in [0.2, 0.25) is 0 Å². The summed E-state index contributed by atoms with van der Waals surface area (Å²) in [6.07, 6.45) is 2.88. The molecule has 0 spiro atoms. The van der Waals surface area contributed by atoms with E-state index in [1.54, 1.807) is 20.2 Å². The van der Waals surface area contributed by atoms with Crippen LogP contribution in [0, 0.1) is 0 Å². The van der Waals surface area contributed by atoms with Crippen molar-refractivity contribution in [2.45, 2.75) is 31.8 Å². The van der Waals surface area contributed by atoms with Gasteiger partial charge < -0.3 is 14.9 Å². The van der Waals surface area contributed by atoms with Crippen LogP contribution in [0.15, 0.2) is 24.4 Å². The average molecular weight is 277 g/mol. The Morgan fingerprint density at radius 1 is 1.50 bits per heavy atom. The molecular formula is C14H19N3O3. The number of rotatable bonds is 3. The van der Waals surface area contributed by atoms with Crippen LogP contribution in [-0.2, 0) is 11.3 Å². The molecule has 108 valence electrons. The molecule has 2 heterocycles. The van der Waals surface area contributed by atoms with Gasteiger partial charge in [-0.25, -0.2) is 9.59 Å². The van der Waals surface area contributed by atoms with Crippen molar-refractivity contribution in [2.24, 2.45) is 0 Å². The normalized spacial score (nSPS) is 21.8. The molecule has 0 saturated carbocycles. The van der Waals surface area contributed by atoms with E-state index in [-0.39, 0.29) is 6.03 Å². The van der Waals surface area contributed by atoms with Crippen LogP contribution >= 0.6 is 0 Å². The molecule has 1 saturated heterocycles. The second-order valence-electron chi connectivity index (χ2n) is 5.29. The summed E-state index contributed by atoms with van der Waals surface area (Å²) in [6.45, 7) is 2.45. The molecule has 1 atom stereocenters. The number of aromatic nitrogens is 1. The number of amides is 2. The van der Waals surface area contributed by atoms with Crippen LogP contribution in [0.1, 0.15) is 25.5 Å². The van der Waals surface area contributed by atoms with Gasteiger partial charge in [-0.3, -0.25) is 4.98 Å². The zero-order valence-electron chi connectivity index (χ0n) is 11.7. The number of carbonyl (C=O) groups excluding carboxylic acids is 1. The maximum atomic E-state index is 12.4. The molecule has 6 nitrogen and oxygen atoms in total. The van der Waals surface area contributed by atoms with Crippen molar-refractivity contribution in [1.82, 2.24) is 14.8 Å². The number of aliphatic carboxylic acids is 1. The molecule has 0 aromatic carbocycles. The number of carboxylic acid groups (broad SMARTS) is 1. The molecule has 0 bridgehead atoms. The lowest BCUT2D eigenvalue weighted by atomic mass is 10.00. The molecule has 1 aliphatic rings. The van der Waals surface area contributed by atoms with Crippen molar-refractivity contribution in [2.75, 3.05) is 13.6 Å². The zero-order valence-corrected chi connectivity index (χ0v) is 11.7. The maximum absolute atomic E-state index is 12.4. The molecule has 20 heavy (non-hydrogen) atoms. The number of carbonyl (C=O) groups is 2. The van der Waals surface area contributed by atoms with Gasteiger partial charge in [-0.2, -0.15) is 0 Å². The summed E-state index contributed by atoms with van der Waals surface area (Å²) >= 11 is 0. The summed E-state index contributed by atoms with van der Waals surface area (Å²) in [4.78, 5) is 30.9. The van der Waals surface area contributed by atoms with Crippen molar-refractivity contribution in [3.63, 3.8) is 0 Å². The van der Waals surface area contributed by atoms with E-state index < -0.39 is 11.5 Å². The van der Waals surface area contributed by atoms with Gasteiger partial charge in [0.05, 0.1) is 12.2 Å². The highest BCUT2D eigenvalue weighted by Gasteiger charge is 2.46. The van der Waals surface area contributed by atoms with E-state index in [0.717, 1.165) is 5.69 Å². The molecule has 6 heteroatoms. The van der Waals surface area contributed by atoms with Crippen molar-refractivity contribution in [3.8, 4) is 0 Å². The Labute approximate surface area is 118 Å². The Morgan fingerprint density at radius 2 is 2.25 bits per heavy atom. The molecule has 1 aromatic heterocycles. The molecule has 1 aromatic rings. The molecule has 1 aliphatic heterocycles. The molecule has 2 rings (SSSR count). The minimum atomic E-state index is -1.10. The van der Waals surface area contributed by atoms with Gasteiger partial charge in [-0.05, 0) is 31.9 Å². The van der Waals surface area contributed by atoms with Crippen LogP contribution in [0.5, 0.6) is 0 Å². The van der Waals surface area contributed by atoms with Crippen molar-refractivity contribution < 1.29 is 14.7 Å². The predicted octanol–water partition coefficient (Wildman–Crippen LogP) is 1.57. The van der Waals surface area contributed by atoms with Crippen LogP contribution in [-0.4, -0.2) is 51.0 Å². The van der Waals surface area contributed by atoms with E-state index >= 15 is 0 Å². The van der Waals surface area contributed by atoms with E-state index in [2.05, 4.69) is 4.98 Å². The van der Waals surface area contributed by atoms with E-state index in [0.29, 0.717) is 25.9 Å². The second kappa shape index (κ2) is 5.48. The van der Waals surface area contributed by atoms with Gasteiger partial charge in [0, 0.05) is 19.8 Å². The fourth-order valence-electron chi connectivity index (χ4n) is 2.50. The number of carboxylic acids is 1. The molecular weight excluding hydrogens is 258 g/mol. The van der Waals surface area contributed by atoms with Gasteiger partial charge in [0.2, 0.25) is 0 Å². The highest BCUT2D eigenvalue weighted by atomic mass is 16.4. The van der Waals surface area contributed by atoms with E-state index in [9.17, 15) is 14.7 Å². The van der Waals surface area contributed by atoms with Crippen LogP contribution in [0.3, 0.4) is 0 Å². The van der Waals surface area contributed by atoms with Gasteiger partial charge in [0.25, 0.3) is 0 Å². The number of likely N-dealkylation sites (tertiary alicyclic amines) is 1. The lowest BCUT2D eigenvalue weighted by Crippen LogP contribution is -2.54. The summed E-state index contributed by atoms with van der Waals surface area (Å²) in [5.41, 5.74) is -0.324. The zero-order chi connectivity index (χ0) is 14.8. The average Bonchev–Trinajstić information content (AvgIpc) is 2.82. The summed E-state index contributed by atoms with van der Waals surface area (Å²) in [6, 6.07) is 5.24. The Kier molecular flexibility index (Phi) is 3.92. The predicted molar refractivity (Wildman–Crippen MR) is 73.1 cm³/mol. The van der Waals surface area contributed by atoms with Gasteiger partial charge in [0.1, 0.15) is 5.54 Å². The minimum absolute atomic E-state index is 0.266. The van der Waals surface area contributed by atoms with Crippen LogP contribution < -0.4 is 0 Å². The number of urea groups is 1. The van der Waals surface area contributed by atoms with Crippen molar-refractivity contribution in [3.05, 3.63) is 30.1 Å². The summed E-state index contributed by atoms with van der Waals surface area (Å²) in [7, 11) is 1.66. The molecule has 0 aliphatic carbocycles. The van der Waals surface area contributed by atoms with E-state index in [4.69, 9.17) is 0 Å². The summed E-state index contributed by atoms with van der Waals surface area (Å²) in [5, 5.41) is 9.34. The van der Waals surface area contributed by atoms with Crippen LogP contribution in [0.4, 0.5) is 4.79 Å². The van der Waals surface area contributed by atoms with Crippen molar-refractivity contribution >= 4 is 12.0 Å². The smallest absolute Gasteiger partial charge is 0.329 e. The fourth-order valence-corrected chi connectivity index (χ4v) is 2.50. The number of hydrogen-bond donors (Lipinski definition) is 1. The maximum Gasteiger partial charge on any atom is 0.329 e. The third-order valence-corrected chi connectivity index (χ3v) is 3.78.